The Morgan fingerprint density at radius 1 is 1.20 bits per heavy atom. The molecule has 20 heavy (non-hydrogen) atoms. The van der Waals surface area contributed by atoms with Crippen molar-refractivity contribution in [1.29, 1.82) is 0 Å². The van der Waals surface area contributed by atoms with E-state index in [1.807, 2.05) is 0 Å². The molecule has 2 rings (SSSR count). The summed E-state index contributed by atoms with van der Waals surface area (Å²) < 4.78 is 48.7. The van der Waals surface area contributed by atoms with Gasteiger partial charge in [0, 0.05) is 6.61 Å². The van der Waals surface area contributed by atoms with Crippen LogP contribution in [0.5, 0.6) is 5.75 Å². The summed E-state index contributed by atoms with van der Waals surface area (Å²) in [6.45, 7) is 0.908. The van der Waals surface area contributed by atoms with Crippen molar-refractivity contribution in [3.63, 3.8) is 0 Å². The van der Waals surface area contributed by atoms with E-state index in [0.29, 0.717) is 6.61 Å². The van der Waals surface area contributed by atoms with Crippen molar-refractivity contribution in [3.8, 4) is 5.75 Å². The Hall–Kier alpha value is -1.63. The van der Waals surface area contributed by atoms with Crippen molar-refractivity contribution in [2.75, 3.05) is 24.7 Å². The normalized spacial score (nSPS) is 19.9. The van der Waals surface area contributed by atoms with Gasteiger partial charge in [0.15, 0.2) is 5.75 Å². The van der Waals surface area contributed by atoms with Gasteiger partial charge in [-0.05, 0) is 31.4 Å². The van der Waals surface area contributed by atoms with Crippen LogP contribution in [0.3, 0.4) is 0 Å². The maximum absolute atomic E-state index is 12.6. The van der Waals surface area contributed by atoms with Gasteiger partial charge in [0.25, 0.3) is 0 Å². The summed E-state index contributed by atoms with van der Waals surface area (Å²) in [6, 6.07) is 1.65. The molecule has 1 heterocycles. The monoisotopic (exact) mass is 290 g/mol. The van der Waals surface area contributed by atoms with Crippen molar-refractivity contribution in [2.45, 2.75) is 31.5 Å². The lowest BCUT2D eigenvalue weighted by molar-refractivity contribution is -0.137. The van der Waals surface area contributed by atoms with Crippen LogP contribution in [0.4, 0.5) is 24.5 Å². The summed E-state index contributed by atoms with van der Waals surface area (Å²) in [5.74, 6) is 0.0900. The number of rotatable bonds is 3. The highest BCUT2D eigenvalue weighted by Crippen LogP contribution is 2.38. The van der Waals surface area contributed by atoms with Crippen LogP contribution in [0.2, 0.25) is 0 Å². The molecule has 1 aromatic carbocycles. The van der Waals surface area contributed by atoms with E-state index < -0.39 is 11.7 Å². The maximum atomic E-state index is 12.6. The third-order valence-electron chi connectivity index (χ3n) is 3.16. The minimum atomic E-state index is -4.48. The second kappa shape index (κ2) is 5.78. The van der Waals surface area contributed by atoms with Crippen LogP contribution in [-0.4, -0.2) is 19.3 Å². The number of hydrogen-bond acceptors (Lipinski definition) is 4. The highest BCUT2D eigenvalue weighted by molar-refractivity contribution is 5.69. The maximum Gasteiger partial charge on any atom is 0.416 e. The molecule has 1 saturated heterocycles. The minimum absolute atomic E-state index is 0.0650. The number of ether oxygens (including phenoxy) is 2. The van der Waals surface area contributed by atoms with Crippen molar-refractivity contribution in [2.24, 2.45) is 0 Å². The number of anilines is 2. The average molecular weight is 290 g/mol. The number of nitrogen functional groups attached to an aromatic ring is 2. The molecule has 1 unspecified atom stereocenters. The Balaban J connectivity index is 2.08. The Morgan fingerprint density at radius 3 is 2.35 bits per heavy atom. The lowest BCUT2D eigenvalue weighted by Crippen LogP contribution is -2.26. The topological polar surface area (TPSA) is 70.5 Å². The third kappa shape index (κ3) is 3.47. The van der Waals surface area contributed by atoms with Gasteiger partial charge in [-0.1, -0.05) is 0 Å². The minimum Gasteiger partial charge on any atom is -0.487 e. The molecule has 0 aromatic heterocycles. The zero-order valence-electron chi connectivity index (χ0n) is 10.9. The lowest BCUT2D eigenvalue weighted by atomic mass is 10.1. The molecule has 0 bridgehead atoms. The van der Waals surface area contributed by atoms with Gasteiger partial charge in [-0.2, -0.15) is 13.2 Å². The number of alkyl halides is 3. The van der Waals surface area contributed by atoms with E-state index in [2.05, 4.69) is 0 Å². The molecule has 0 saturated carbocycles. The Bertz CT molecular complexity index is 448. The number of halogens is 3. The first-order valence-electron chi connectivity index (χ1n) is 6.38. The summed E-state index contributed by atoms with van der Waals surface area (Å²) in [5, 5.41) is 0. The number of hydrogen-bond donors (Lipinski definition) is 2. The van der Waals surface area contributed by atoms with E-state index in [1.165, 1.54) is 0 Å². The largest absolute Gasteiger partial charge is 0.487 e. The van der Waals surface area contributed by atoms with Crippen molar-refractivity contribution in [1.82, 2.24) is 0 Å². The molecule has 1 aliphatic rings. The van der Waals surface area contributed by atoms with Crippen LogP contribution in [0.1, 0.15) is 24.8 Å². The van der Waals surface area contributed by atoms with Crippen molar-refractivity contribution in [3.05, 3.63) is 17.7 Å². The summed E-state index contributed by atoms with van der Waals surface area (Å²) in [4.78, 5) is 0. The molecular weight excluding hydrogens is 273 g/mol. The molecular formula is C13H17F3N2O2. The standard InChI is InChI=1S/C13H17F3N2O2/c14-13(15,16)8-5-10(17)12(11(18)6-8)20-7-9-3-1-2-4-19-9/h5-6,9H,1-4,7,17-18H2. The lowest BCUT2D eigenvalue weighted by Gasteiger charge is -2.23. The fraction of sp³-hybridized carbons (Fsp3) is 0.538. The van der Waals surface area contributed by atoms with E-state index >= 15 is 0 Å². The predicted octanol–water partition coefficient (Wildman–Crippen LogP) is 2.82. The number of nitrogens with two attached hydrogens (primary N) is 2. The third-order valence-corrected chi connectivity index (χ3v) is 3.16. The van der Waals surface area contributed by atoms with Gasteiger partial charge in [0.2, 0.25) is 0 Å². The van der Waals surface area contributed by atoms with Gasteiger partial charge in [-0.25, -0.2) is 0 Å². The predicted molar refractivity (Wildman–Crippen MR) is 69.4 cm³/mol. The van der Waals surface area contributed by atoms with Crippen LogP contribution in [-0.2, 0) is 10.9 Å². The van der Waals surface area contributed by atoms with Gasteiger partial charge >= 0.3 is 6.18 Å². The first-order chi connectivity index (χ1) is 9.38. The van der Waals surface area contributed by atoms with Crippen LogP contribution < -0.4 is 16.2 Å². The molecule has 1 atom stereocenters. The SMILES string of the molecule is Nc1cc(C(F)(F)F)cc(N)c1OCC1CCCCO1. The van der Waals surface area contributed by atoms with Crippen LogP contribution in [0.15, 0.2) is 12.1 Å². The van der Waals surface area contributed by atoms with E-state index in [9.17, 15) is 13.2 Å². The first kappa shape index (κ1) is 14.8. The quantitative estimate of drug-likeness (QED) is 0.840. The summed E-state index contributed by atoms with van der Waals surface area (Å²) in [7, 11) is 0. The molecule has 7 heteroatoms. The molecule has 1 fully saturated rings. The molecule has 112 valence electrons. The van der Waals surface area contributed by atoms with E-state index in [0.717, 1.165) is 31.4 Å². The van der Waals surface area contributed by atoms with Crippen molar-refractivity contribution < 1.29 is 22.6 Å². The summed E-state index contributed by atoms with van der Waals surface area (Å²) >= 11 is 0. The molecule has 0 aliphatic carbocycles. The Kier molecular flexibility index (Phi) is 4.27. The molecule has 0 amide bonds. The molecule has 0 spiro atoms. The second-order valence-electron chi connectivity index (χ2n) is 4.78. The van der Waals surface area contributed by atoms with E-state index in [4.69, 9.17) is 20.9 Å². The smallest absolute Gasteiger partial charge is 0.416 e. The van der Waals surface area contributed by atoms with E-state index in [-0.39, 0.29) is 29.8 Å². The highest BCUT2D eigenvalue weighted by Gasteiger charge is 2.32. The van der Waals surface area contributed by atoms with Crippen LogP contribution in [0, 0.1) is 0 Å². The zero-order chi connectivity index (χ0) is 14.8. The van der Waals surface area contributed by atoms with Crippen LogP contribution in [0.25, 0.3) is 0 Å². The van der Waals surface area contributed by atoms with Crippen molar-refractivity contribution >= 4 is 11.4 Å². The molecule has 4 N–H and O–H groups in total. The van der Waals surface area contributed by atoms with E-state index in [1.54, 1.807) is 0 Å². The van der Waals surface area contributed by atoms with Gasteiger partial charge in [0.05, 0.1) is 23.0 Å². The fourth-order valence-corrected chi connectivity index (χ4v) is 2.12. The average Bonchev–Trinajstić information content (AvgIpc) is 2.37. The fourth-order valence-electron chi connectivity index (χ4n) is 2.12. The Morgan fingerprint density at radius 2 is 1.85 bits per heavy atom. The second-order valence-corrected chi connectivity index (χ2v) is 4.78. The van der Waals surface area contributed by atoms with Gasteiger partial charge < -0.3 is 20.9 Å². The molecule has 1 aliphatic heterocycles. The Labute approximate surface area is 114 Å². The summed E-state index contributed by atoms with van der Waals surface area (Å²) in [5.41, 5.74) is 10.1. The highest BCUT2D eigenvalue weighted by atomic mass is 19.4. The number of benzene rings is 1. The van der Waals surface area contributed by atoms with Gasteiger partial charge in [0.1, 0.15) is 6.61 Å². The van der Waals surface area contributed by atoms with Gasteiger partial charge in [-0.15, -0.1) is 0 Å². The van der Waals surface area contributed by atoms with Crippen LogP contribution >= 0.6 is 0 Å². The first-order valence-corrected chi connectivity index (χ1v) is 6.38. The molecule has 0 radical (unpaired) electrons. The molecule has 4 nitrogen and oxygen atoms in total. The molecule has 1 aromatic rings. The summed E-state index contributed by atoms with van der Waals surface area (Å²) in [6.07, 6.45) is -1.62. The van der Waals surface area contributed by atoms with Gasteiger partial charge in [-0.3, -0.25) is 0 Å². The zero-order valence-corrected chi connectivity index (χ0v) is 10.9.